The molecule has 118 valence electrons. The molecule has 0 saturated heterocycles. The number of thioether (sulfide) groups is 1. The van der Waals surface area contributed by atoms with Gasteiger partial charge in [-0.15, -0.1) is 0 Å². The number of anilines is 4. The number of allylic oxidation sites excluding steroid dienone is 1. The lowest BCUT2D eigenvalue weighted by Gasteiger charge is -2.21. The number of aryl methyl sites for hydroxylation is 1. The monoisotopic (exact) mass is 325 g/mol. The minimum atomic E-state index is 0.789. The molecule has 2 aliphatic rings. The Morgan fingerprint density at radius 3 is 3.00 bits per heavy atom. The van der Waals surface area contributed by atoms with Crippen LogP contribution in [0.5, 0.6) is 0 Å². The summed E-state index contributed by atoms with van der Waals surface area (Å²) in [4.78, 5) is 11.4. The van der Waals surface area contributed by atoms with Crippen molar-refractivity contribution in [3.05, 3.63) is 41.9 Å². The van der Waals surface area contributed by atoms with Gasteiger partial charge in [-0.25, -0.2) is 9.97 Å². The van der Waals surface area contributed by atoms with Gasteiger partial charge in [0, 0.05) is 23.6 Å². The van der Waals surface area contributed by atoms with Gasteiger partial charge in [-0.3, -0.25) is 0 Å². The molecule has 1 aromatic heterocycles. The van der Waals surface area contributed by atoms with Crippen LogP contribution in [0, 0.1) is 6.92 Å². The van der Waals surface area contributed by atoms with Gasteiger partial charge in [0.05, 0.1) is 5.88 Å². The molecule has 6 heteroatoms. The fourth-order valence-corrected chi connectivity index (χ4v) is 3.85. The van der Waals surface area contributed by atoms with E-state index in [1.807, 2.05) is 6.92 Å². The molecule has 0 saturated carbocycles. The SMILES string of the molecule is CC1=CCCN1c1cccc(Nc2nc(C)nc3c2NCS3)c1. The van der Waals surface area contributed by atoms with Gasteiger partial charge in [-0.05, 0) is 38.5 Å². The molecule has 0 fully saturated rings. The molecule has 0 aliphatic carbocycles. The molecular weight excluding hydrogens is 306 g/mol. The number of aromatic nitrogens is 2. The molecule has 0 atom stereocenters. The van der Waals surface area contributed by atoms with Crippen molar-refractivity contribution in [3.8, 4) is 0 Å². The summed E-state index contributed by atoms with van der Waals surface area (Å²) in [5.74, 6) is 2.49. The highest BCUT2D eigenvalue weighted by atomic mass is 32.2. The van der Waals surface area contributed by atoms with Crippen LogP contribution in [0.4, 0.5) is 22.9 Å². The van der Waals surface area contributed by atoms with E-state index in [-0.39, 0.29) is 0 Å². The third-order valence-electron chi connectivity index (χ3n) is 4.08. The van der Waals surface area contributed by atoms with E-state index in [0.717, 1.165) is 46.9 Å². The lowest BCUT2D eigenvalue weighted by molar-refractivity contribution is 0.968. The summed E-state index contributed by atoms with van der Waals surface area (Å²) in [5, 5.41) is 7.82. The van der Waals surface area contributed by atoms with Crippen LogP contribution in [0.3, 0.4) is 0 Å². The van der Waals surface area contributed by atoms with Crippen LogP contribution < -0.4 is 15.5 Å². The van der Waals surface area contributed by atoms with Gasteiger partial charge >= 0.3 is 0 Å². The van der Waals surface area contributed by atoms with Crippen molar-refractivity contribution in [3.63, 3.8) is 0 Å². The van der Waals surface area contributed by atoms with Crippen molar-refractivity contribution < 1.29 is 0 Å². The molecule has 2 N–H and O–H groups in total. The van der Waals surface area contributed by atoms with Gasteiger partial charge in [0.2, 0.25) is 0 Å². The number of nitrogens with zero attached hydrogens (tertiary/aromatic N) is 3. The normalized spacial score (nSPS) is 16.1. The molecule has 0 radical (unpaired) electrons. The van der Waals surface area contributed by atoms with Crippen LogP contribution in [-0.4, -0.2) is 22.4 Å². The summed E-state index contributed by atoms with van der Waals surface area (Å²) in [7, 11) is 0. The van der Waals surface area contributed by atoms with Crippen molar-refractivity contribution in [2.45, 2.75) is 25.3 Å². The van der Waals surface area contributed by atoms with Gasteiger partial charge in [-0.2, -0.15) is 0 Å². The first-order valence-electron chi connectivity index (χ1n) is 7.77. The van der Waals surface area contributed by atoms with Gasteiger partial charge in [-0.1, -0.05) is 23.9 Å². The summed E-state index contributed by atoms with van der Waals surface area (Å²) in [6.45, 7) is 5.14. The first-order chi connectivity index (χ1) is 11.2. The summed E-state index contributed by atoms with van der Waals surface area (Å²) < 4.78 is 0. The van der Waals surface area contributed by atoms with Crippen LogP contribution in [0.2, 0.25) is 0 Å². The molecule has 23 heavy (non-hydrogen) atoms. The quantitative estimate of drug-likeness (QED) is 0.828. The maximum absolute atomic E-state index is 4.56. The van der Waals surface area contributed by atoms with Crippen molar-refractivity contribution >= 4 is 34.6 Å². The molecular formula is C17H19N5S. The minimum Gasteiger partial charge on any atom is -0.370 e. The van der Waals surface area contributed by atoms with Crippen LogP contribution >= 0.6 is 11.8 Å². The molecule has 3 heterocycles. The lowest BCUT2D eigenvalue weighted by Crippen LogP contribution is -2.16. The van der Waals surface area contributed by atoms with E-state index in [0.29, 0.717) is 0 Å². The Bertz CT molecular complexity index is 787. The van der Waals surface area contributed by atoms with E-state index in [1.165, 1.54) is 11.4 Å². The average Bonchev–Trinajstić information content (AvgIpc) is 3.16. The van der Waals surface area contributed by atoms with Gasteiger partial charge in [0.15, 0.2) is 5.82 Å². The van der Waals surface area contributed by atoms with Crippen LogP contribution in [-0.2, 0) is 0 Å². The number of rotatable bonds is 3. The molecule has 0 bridgehead atoms. The highest BCUT2D eigenvalue weighted by Gasteiger charge is 2.19. The Balaban J connectivity index is 1.64. The van der Waals surface area contributed by atoms with E-state index < -0.39 is 0 Å². The minimum absolute atomic E-state index is 0.789. The van der Waals surface area contributed by atoms with Crippen LogP contribution in [0.25, 0.3) is 0 Å². The summed E-state index contributed by atoms with van der Waals surface area (Å²) >= 11 is 1.71. The Kier molecular flexibility index (Phi) is 3.61. The number of hydrogen-bond donors (Lipinski definition) is 2. The fraction of sp³-hybridized carbons (Fsp3) is 0.294. The largest absolute Gasteiger partial charge is 0.370 e. The number of nitrogens with one attached hydrogen (secondary N) is 2. The van der Waals surface area contributed by atoms with Gasteiger partial charge in [0.25, 0.3) is 0 Å². The zero-order valence-corrected chi connectivity index (χ0v) is 14.1. The number of hydrogen-bond acceptors (Lipinski definition) is 6. The Hall–Kier alpha value is -2.21. The predicted octanol–water partition coefficient (Wildman–Crippen LogP) is 4.12. The predicted molar refractivity (Wildman–Crippen MR) is 96.6 cm³/mol. The third kappa shape index (κ3) is 2.74. The van der Waals surface area contributed by atoms with Crippen molar-refractivity contribution in [2.75, 3.05) is 28.0 Å². The summed E-state index contributed by atoms with van der Waals surface area (Å²) in [6.07, 6.45) is 3.39. The van der Waals surface area contributed by atoms with Crippen molar-refractivity contribution in [1.29, 1.82) is 0 Å². The zero-order chi connectivity index (χ0) is 15.8. The van der Waals surface area contributed by atoms with Crippen LogP contribution in [0.15, 0.2) is 41.1 Å². The lowest BCUT2D eigenvalue weighted by atomic mass is 10.2. The van der Waals surface area contributed by atoms with Gasteiger partial charge in [0.1, 0.15) is 16.5 Å². The molecule has 1 aromatic carbocycles. The molecule has 2 aliphatic heterocycles. The number of benzene rings is 1. The maximum Gasteiger partial charge on any atom is 0.158 e. The second-order valence-electron chi connectivity index (χ2n) is 5.73. The van der Waals surface area contributed by atoms with Crippen molar-refractivity contribution in [1.82, 2.24) is 9.97 Å². The molecule has 0 spiro atoms. The summed E-state index contributed by atoms with van der Waals surface area (Å²) in [5.41, 5.74) is 4.58. The van der Waals surface area contributed by atoms with E-state index in [2.05, 4.69) is 62.8 Å². The fourth-order valence-electron chi connectivity index (χ4n) is 2.99. The molecule has 0 unspecified atom stereocenters. The molecule has 5 nitrogen and oxygen atoms in total. The smallest absolute Gasteiger partial charge is 0.158 e. The maximum atomic E-state index is 4.56. The van der Waals surface area contributed by atoms with E-state index in [4.69, 9.17) is 0 Å². The molecule has 4 rings (SSSR count). The Morgan fingerprint density at radius 2 is 2.17 bits per heavy atom. The second kappa shape index (κ2) is 5.77. The standard InChI is InChI=1S/C17H19N5S/c1-11-5-4-8-22(11)14-7-3-6-13(9-14)21-16-15-17(23-10-18-15)20-12(2)19-16/h3,5-7,9,18H,4,8,10H2,1-2H3,(H,19,20,21). The van der Waals surface area contributed by atoms with E-state index >= 15 is 0 Å². The Morgan fingerprint density at radius 1 is 1.26 bits per heavy atom. The highest BCUT2D eigenvalue weighted by molar-refractivity contribution is 7.99. The van der Waals surface area contributed by atoms with Gasteiger partial charge < -0.3 is 15.5 Å². The van der Waals surface area contributed by atoms with E-state index in [9.17, 15) is 0 Å². The first-order valence-corrected chi connectivity index (χ1v) is 8.76. The summed E-state index contributed by atoms with van der Waals surface area (Å²) in [6, 6.07) is 8.48. The van der Waals surface area contributed by atoms with E-state index in [1.54, 1.807) is 11.8 Å². The zero-order valence-electron chi connectivity index (χ0n) is 13.3. The third-order valence-corrected chi connectivity index (χ3v) is 4.94. The van der Waals surface area contributed by atoms with Crippen molar-refractivity contribution in [2.24, 2.45) is 0 Å². The first kappa shape index (κ1) is 14.4. The number of fused-ring (bicyclic) bond motifs is 1. The highest BCUT2D eigenvalue weighted by Crippen LogP contribution is 2.38. The van der Waals surface area contributed by atoms with Crippen LogP contribution in [0.1, 0.15) is 19.2 Å². The average molecular weight is 325 g/mol. The molecule has 0 amide bonds. The molecule has 2 aromatic rings. The topological polar surface area (TPSA) is 53.1 Å². The second-order valence-corrected chi connectivity index (χ2v) is 6.69. The Labute approximate surface area is 140 Å².